The Morgan fingerprint density at radius 1 is 0.254 bits per heavy atom. The number of oxazole rings is 2. The highest BCUT2D eigenvalue weighted by molar-refractivity contribution is 5.96. The summed E-state index contributed by atoms with van der Waals surface area (Å²) in [5.74, 6) is 1.22. The molecule has 0 amide bonds. The predicted octanol–water partition coefficient (Wildman–Crippen LogP) is 16.3. The summed E-state index contributed by atoms with van der Waals surface area (Å²) < 4.78 is 12.3. The van der Waals surface area contributed by atoms with E-state index < -0.39 is 5.41 Å². The first-order chi connectivity index (χ1) is 33.2. The molecule has 12 aromatic rings. The van der Waals surface area contributed by atoms with Gasteiger partial charge >= 0.3 is 0 Å². The molecule has 4 nitrogen and oxygen atoms in total. The summed E-state index contributed by atoms with van der Waals surface area (Å²) in [5, 5.41) is 0. The van der Waals surface area contributed by atoms with Crippen LogP contribution in [0.25, 0.3) is 112 Å². The van der Waals surface area contributed by atoms with Gasteiger partial charge in [-0.3, -0.25) is 0 Å². The molecule has 2 aliphatic carbocycles. The smallest absolute Gasteiger partial charge is 0.227 e. The van der Waals surface area contributed by atoms with Crippen molar-refractivity contribution in [2.45, 2.75) is 5.41 Å². The van der Waals surface area contributed by atoms with E-state index >= 15 is 0 Å². The summed E-state index contributed by atoms with van der Waals surface area (Å²) >= 11 is 0. The van der Waals surface area contributed by atoms with Gasteiger partial charge in [0.05, 0.1) is 5.41 Å². The van der Waals surface area contributed by atoms with E-state index in [1.165, 1.54) is 55.6 Å². The van der Waals surface area contributed by atoms with Gasteiger partial charge in [-0.15, -0.1) is 0 Å². The molecule has 4 heteroatoms. The number of rotatable bonds is 6. The molecular weight excluding hydrogens is 817 g/mol. The van der Waals surface area contributed by atoms with Gasteiger partial charge in [-0.1, -0.05) is 152 Å². The zero-order valence-corrected chi connectivity index (χ0v) is 36.2. The predicted molar refractivity (Wildman–Crippen MR) is 270 cm³/mol. The standard InChI is InChI=1S/C63H38N2O2/c1-4-17-53-49(14-1)50-15-2-5-18-54(50)63(53)55-19-6-3-16-51(55)52-33-32-45(38-56(52)63)43-12-11-13-44(34-43)48-36-46(39-24-28-41(29-25-39)61-64-57-20-7-9-22-59(57)66-61)35-47(37-48)40-26-30-42(31-27-40)62-65-58-21-8-10-23-60(58)67-62/h1-38H. The third kappa shape index (κ3) is 5.80. The average molecular weight is 855 g/mol. The largest absolute Gasteiger partial charge is 0.436 e. The lowest BCUT2D eigenvalue weighted by Gasteiger charge is -2.30. The molecule has 0 N–H and O–H groups in total. The topological polar surface area (TPSA) is 52.1 Å². The van der Waals surface area contributed by atoms with E-state index in [4.69, 9.17) is 18.8 Å². The van der Waals surface area contributed by atoms with Crippen molar-refractivity contribution < 1.29 is 8.83 Å². The van der Waals surface area contributed by atoms with Crippen LogP contribution in [0.1, 0.15) is 22.3 Å². The molecule has 0 bridgehead atoms. The maximum Gasteiger partial charge on any atom is 0.227 e. The van der Waals surface area contributed by atoms with E-state index in [1.807, 2.05) is 48.5 Å². The first-order valence-corrected chi connectivity index (χ1v) is 22.8. The van der Waals surface area contributed by atoms with E-state index in [0.717, 1.165) is 66.7 Å². The molecule has 0 saturated carbocycles. The van der Waals surface area contributed by atoms with Crippen LogP contribution in [-0.4, -0.2) is 9.97 Å². The fraction of sp³-hybridized carbons (Fsp3) is 0.0159. The molecule has 2 aromatic heterocycles. The molecule has 0 radical (unpaired) electrons. The van der Waals surface area contributed by atoms with Gasteiger partial charge in [0.15, 0.2) is 11.2 Å². The number of para-hydroxylation sites is 4. The Hall–Kier alpha value is -8.86. The quantitative estimate of drug-likeness (QED) is 0.167. The molecule has 0 unspecified atom stereocenters. The molecule has 14 rings (SSSR count). The van der Waals surface area contributed by atoms with Crippen LogP contribution in [0.2, 0.25) is 0 Å². The lowest BCUT2D eigenvalue weighted by atomic mass is 9.70. The SMILES string of the molecule is c1cc(-c2cc(-c3ccc(-c4nc5ccccc5o4)cc3)cc(-c3ccc(-c4nc5ccccc5o4)cc3)c2)cc(-c2ccc3c(c2)C2(c4ccccc4-c4ccccc42)c2ccccc2-3)c1. The Bertz CT molecular complexity index is 3660. The Morgan fingerprint density at radius 2 is 0.612 bits per heavy atom. The molecule has 2 heterocycles. The van der Waals surface area contributed by atoms with E-state index in [-0.39, 0.29) is 0 Å². The van der Waals surface area contributed by atoms with Crippen molar-refractivity contribution >= 4 is 22.2 Å². The van der Waals surface area contributed by atoms with Crippen LogP contribution in [0.15, 0.2) is 239 Å². The Balaban J connectivity index is 0.884. The molecule has 312 valence electrons. The van der Waals surface area contributed by atoms with Crippen LogP contribution in [0.4, 0.5) is 0 Å². The normalized spacial score (nSPS) is 12.9. The summed E-state index contributed by atoms with van der Waals surface area (Å²) in [5.41, 5.74) is 24.4. The fourth-order valence-electron chi connectivity index (χ4n) is 10.9. The maximum atomic E-state index is 6.14. The Kier molecular flexibility index (Phi) is 8.16. The molecular formula is C63H38N2O2. The van der Waals surface area contributed by atoms with Crippen LogP contribution in [0, 0.1) is 0 Å². The fourth-order valence-corrected chi connectivity index (χ4v) is 10.9. The monoisotopic (exact) mass is 854 g/mol. The van der Waals surface area contributed by atoms with E-state index in [2.05, 4.69) is 182 Å². The van der Waals surface area contributed by atoms with Gasteiger partial charge in [-0.25, -0.2) is 9.97 Å². The number of nitrogens with zero attached hydrogens (tertiary/aromatic N) is 2. The lowest BCUT2D eigenvalue weighted by Crippen LogP contribution is -2.25. The third-order valence-corrected chi connectivity index (χ3v) is 14.0. The molecule has 0 saturated heterocycles. The van der Waals surface area contributed by atoms with Gasteiger partial charge in [0, 0.05) is 11.1 Å². The van der Waals surface area contributed by atoms with Crippen molar-refractivity contribution in [3.8, 4) is 89.7 Å². The first-order valence-electron chi connectivity index (χ1n) is 22.8. The summed E-state index contributed by atoms with van der Waals surface area (Å²) in [6.45, 7) is 0. The Morgan fingerprint density at radius 3 is 1.10 bits per heavy atom. The summed E-state index contributed by atoms with van der Waals surface area (Å²) in [6.07, 6.45) is 0. The van der Waals surface area contributed by atoms with Crippen molar-refractivity contribution in [1.29, 1.82) is 0 Å². The van der Waals surface area contributed by atoms with Gasteiger partial charge in [0.2, 0.25) is 11.8 Å². The second-order valence-electron chi connectivity index (χ2n) is 17.7. The highest BCUT2D eigenvalue weighted by Gasteiger charge is 2.51. The minimum Gasteiger partial charge on any atom is -0.436 e. The molecule has 0 aliphatic heterocycles. The average Bonchev–Trinajstić information content (AvgIpc) is 4.18. The van der Waals surface area contributed by atoms with E-state index in [9.17, 15) is 0 Å². The van der Waals surface area contributed by atoms with Crippen molar-refractivity contribution in [2.24, 2.45) is 0 Å². The highest BCUT2D eigenvalue weighted by atomic mass is 16.4. The zero-order valence-electron chi connectivity index (χ0n) is 36.2. The number of aromatic nitrogens is 2. The summed E-state index contributed by atoms with van der Waals surface area (Å²) in [7, 11) is 0. The van der Waals surface area contributed by atoms with Gasteiger partial charge in [-0.05, 0) is 168 Å². The van der Waals surface area contributed by atoms with Crippen LogP contribution < -0.4 is 0 Å². The number of benzene rings is 10. The molecule has 10 aromatic carbocycles. The van der Waals surface area contributed by atoms with Crippen molar-refractivity contribution in [1.82, 2.24) is 9.97 Å². The van der Waals surface area contributed by atoms with Crippen LogP contribution in [0.3, 0.4) is 0 Å². The minimum absolute atomic E-state index is 0.401. The molecule has 2 aliphatic rings. The van der Waals surface area contributed by atoms with Crippen LogP contribution >= 0.6 is 0 Å². The maximum absolute atomic E-state index is 6.14. The van der Waals surface area contributed by atoms with Crippen molar-refractivity contribution in [3.63, 3.8) is 0 Å². The summed E-state index contributed by atoms with van der Waals surface area (Å²) in [4.78, 5) is 9.52. The third-order valence-electron chi connectivity index (χ3n) is 14.0. The molecule has 1 spiro atoms. The number of hydrogen-bond acceptors (Lipinski definition) is 4. The minimum atomic E-state index is -0.401. The van der Waals surface area contributed by atoms with Crippen molar-refractivity contribution in [2.75, 3.05) is 0 Å². The van der Waals surface area contributed by atoms with Gasteiger partial charge in [0.25, 0.3) is 0 Å². The second-order valence-corrected chi connectivity index (χ2v) is 17.7. The van der Waals surface area contributed by atoms with Crippen LogP contribution in [-0.2, 0) is 5.41 Å². The number of fused-ring (bicyclic) bond motifs is 12. The molecule has 0 fully saturated rings. The van der Waals surface area contributed by atoms with E-state index in [1.54, 1.807) is 0 Å². The van der Waals surface area contributed by atoms with Gasteiger partial charge < -0.3 is 8.83 Å². The molecule has 67 heavy (non-hydrogen) atoms. The van der Waals surface area contributed by atoms with Gasteiger partial charge in [-0.2, -0.15) is 0 Å². The lowest BCUT2D eigenvalue weighted by molar-refractivity contribution is 0.619. The zero-order chi connectivity index (χ0) is 44.1. The van der Waals surface area contributed by atoms with Gasteiger partial charge in [0.1, 0.15) is 11.0 Å². The molecule has 0 atom stereocenters. The summed E-state index contributed by atoms with van der Waals surface area (Å²) in [6, 6.07) is 82.9. The number of hydrogen-bond donors (Lipinski definition) is 0. The highest BCUT2D eigenvalue weighted by Crippen LogP contribution is 2.63. The second kappa shape index (κ2) is 14.6. The van der Waals surface area contributed by atoms with Crippen LogP contribution in [0.5, 0.6) is 0 Å². The van der Waals surface area contributed by atoms with E-state index in [0.29, 0.717) is 11.8 Å². The van der Waals surface area contributed by atoms with Crippen molar-refractivity contribution in [3.05, 3.63) is 253 Å². The Labute approximate surface area is 387 Å². The first kappa shape index (κ1) is 37.5.